The van der Waals surface area contributed by atoms with E-state index in [1.807, 2.05) is 32.9 Å². The number of aromatic nitrogens is 2. The molecular weight excluding hydrogens is 412 g/mol. The van der Waals surface area contributed by atoms with Crippen molar-refractivity contribution in [2.75, 3.05) is 44.2 Å². The summed E-state index contributed by atoms with van der Waals surface area (Å²) in [5.41, 5.74) is 3.52. The minimum atomic E-state index is -0.456. The number of ether oxygens (including phenoxy) is 1. The van der Waals surface area contributed by atoms with Gasteiger partial charge in [-0.1, -0.05) is 30.7 Å². The molecule has 1 unspecified atom stereocenters. The maximum Gasteiger partial charge on any atom is 0.136 e. The van der Waals surface area contributed by atoms with E-state index in [0.717, 1.165) is 61.4 Å². The molecule has 0 saturated carbocycles. The average molecular weight is 447 g/mol. The molecule has 1 saturated heterocycles. The summed E-state index contributed by atoms with van der Waals surface area (Å²) in [4.78, 5) is 14.3. The van der Waals surface area contributed by atoms with Gasteiger partial charge < -0.3 is 14.7 Å². The molecule has 0 radical (unpaired) electrons. The first-order valence-electron chi connectivity index (χ1n) is 11.2. The summed E-state index contributed by atoms with van der Waals surface area (Å²) >= 11 is 6.07. The number of rotatable bonds is 9. The van der Waals surface area contributed by atoms with E-state index >= 15 is 0 Å². The van der Waals surface area contributed by atoms with Gasteiger partial charge in [-0.05, 0) is 44.9 Å². The number of piperazine rings is 1. The van der Waals surface area contributed by atoms with Gasteiger partial charge in [0.2, 0.25) is 0 Å². The highest BCUT2D eigenvalue weighted by atomic mass is 35.5. The third kappa shape index (κ3) is 6.88. The number of nitrogens with zero attached hydrogens (tertiary/aromatic N) is 4. The SMILES string of the molecule is CCc1nc(C)nc(N2CCN(CC(O)COC(C)C)CC2)c1Cc1ccc(Cl)cc1. The summed E-state index contributed by atoms with van der Waals surface area (Å²) in [6, 6.07) is 8.02. The quantitative estimate of drug-likeness (QED) is 0.636. The van der Waals surface area contributed by atoms with Crippen molar-refractivity contribution in [3.8, 4) is 0 Å². The Hall–Kier alpha value is -1.73. The standard InChI is InChI=1S/C24H35ClN4O2/c1-5-23-22(14-19-6-8-20(25)9-7-19)24(27-18(4)26-23)29-12-10-28(11-13-29)15-21(30)16-31-17(2)3/h6-9,17,21,30H,5,10-16H2,1-4H3. The molecule has 0 amide bonds. The molecular formula is C24H35ClN4O2. The maximum atomic E-state index is 10.3. The number of hydrogen-bond donors (Lipinski definition) is 1. The zero-order chi connectivity index (χ0) is 22.4. The minimum Gasteiger partial charge on any atom is -0.389 e. The molecule has 170 valence electrons. The molecule has 3 rings (SSSR count). The predicted molar refractivity (Wildman–Crippen MR) is 126 cm³/mol. The first-order chi connectivity index (χ1) is 14.9. The Labute approximate surface area is 191 Å². The fourth-order valence-corrected chi connectivity index (χ4v) is 4.10. The summed E-state index contributed by atoms with van der Waals surface area (Å²) < 4.78 is 5.54. The number of hydrogen-bond acceptors (Lipinski definition) is 6. The van der Waals surface area contributed by atoms with E-state index in [4.69, 9.17) is 26.3 Å². The van der Waals surface area contributed by atoms with Crippen LogP contribution < -0.4 is 4.90 Å². The summed E-state index contributed by atoms with van der Waals surface area (Å²) in [7, 11) is 0. The molecule has 2 aromatic rings. The molecule has 6 nitrogen and oxygen atoms in total. The van der Waals surface area contributed by atoms with Crippen LogP contribution >= 0.6 is 11.6 Å². The fourth-order valence-electron chi connectivity index (χ4n) is 3.98. The van der Waals surface area contributed by atoms with Crippen LogP contribution in [-0.2, 0) is 17.6 Å². The van der Waals surface area contributed by atoms with E-state index in [1.54, 1.807) is 0 Å². The molecule has 1 N–H and O–H groups in total. The third-order valence-electron chi connectivity index (χ3n) is 5.57. The molecule has 1 aromatic heterocycles. The van der Waals surface area contributed by atoms with Gasteiger partial charge in [-0.3, -0.25) is 4.90 Å². The summed E-state index contributed by atoms with van der Waals surface area (Å²) in [5, 5.41) is 11.0. The highest BCUT2D eigenvalue weighted by Gasteiger charge is 2.24. The molecule has 0 aliphatic carbocycles. The van der Waals surface area contributed by atoms with Crippen molar-refractivity contribution < 1.29 is 9.84 Å². The zero-order valence-electron chi connectivity index (χ0n) is 19.1. The van der Waals surface area contributed by atoms with Gasteiger partial charge in [0, 0.05) is 55.4 Å². The topological polar surface area (TPSA) is 61.7 Å². The Morgan fingerprint density at radius 3 is 2.39 bits per heavy atom. The molecule has 1 aromatic carbocycles. The van der Waals surface area contributed by atoms with Crippen LogP contribution in [0.1, 0.15) is 43.4 Å². The van der Waals surface area contributed by atoms with Crippen LogP contribution in [0.4, 0.5) is 5.82 Å². The van der Waals surface area contributed by atoms with Crippen LogP contribution in [0, 0.1) is 6.92 Å². The third-order valence-corrected chi connectivity index (χ3v) is 5.83. The largest absolute Gasteiger partial charge is 0.389 e. The first kappa shape index (κ1) is 23.9. The van der Waals surface area contributed by atoms with Crippen molar-refractivity contribution in [1.29, 1.82) is 0 Å². The number of anilines is 1. The van der Waals surface area contributed by atoms with Gasteiger partial charge in [-0.25, -0.2) is 9.97 Å². The van der Waals surface area contributed by atoms with Crippen molar-refractivity contribution in [3.05, 3.63) is 51.9 Å². The lowest BCUT2D eigenvalue weighted by Crippen LogP contribution is -2.49. The Balaban J connectivity index is 1.71. The smallest absolute Gasteiger partial charge is 0.136 e. The van der Waals surface area contributed by atoms with Crippen LogP contribution in [0.3, 0.4) is 0 Å². The fraction of sp³-hybridized carbons (Fsp3) is 0.583. The number of aryl methyl sites for hydroxylation is 2. The Morgan fingerprint density at radius 1 is 1.10 bits per heavy atom. The van der Waals surface area contributed by atoms with Crippen molar-refractivity contribution in [2.24, 2.45) is 0 Å². The van der Waals surface area contributed by atoms with Crippen molar-refractivity contribution in [3.63, 3.8) is 0 Å². The zero-order valence-corrected chi connectivity index (χ0v) is 19.9. The molecule has 2 heterocycles. The van der Waals surface area contributed by atoms with Crippen LogP contribution in [-0.4, -0.2) is 71.5 Å². The lowest BCUT2D eigenvalue weighted by atomic mass is 10.0. The second kappa shape index (κ2) is 11.2. The van der Waals surface area contributed by atoms with Gasteiger partial charge in [0.1, 0.15) is 11.6 Å². The summed E-state index contributed by atoms with van der Waals surface area (Å²) in [5.74, 6) is 1.86. The molecule has 0 spiro atoms. The van der Waals surface area contributed by atoms with Gasteiger partial charge in [0.25, 0.3) is 0 Å². The average Bonchev–Trinajstić information content (AvgIpc) is 2.75. The van der Waals surface area contributed by atoms with Gasteiger partial charge in [-0.2, -0.15) is 0 Å². The van der Waals surface area contributed by atoms with E-state index in [0.29, 0.717) is 13.2 Å². The van der Waals surface area contributed by atoms with Crippen molar-refractivity contribution in [1.82, 2.24) is 14.9 Å². The van der Waals surface area contributed by atoms with Gasteiger partial charge in [-0.15, -0.1) is 0 Å². The first-order valence-corrected chi connectivity index (χ1v) is 11.6. The van der Waals surface area contributed by atoms with E-state index in [-0.39, 0.29) is 6.10 Å². The lowest BCUT2D eigenvalue weighted by molar-refractivity contribution is -0.00901. The highest BCUT2D eigenvalue weighted by Crippen LogP contribution is 2.26. The van der Waals surface area contributed by atoms with E-state index in [9.17, 15) is 5.11 Å². The van der Waals surface area contributed by atoms with Crippen LogP contribution in [0.2, 0.25) is 5.02 Å². The molecule has 7 heteroatoms. The predicted octanol–water partition coefficient (Wildman–Crippen LogP) is 3.50. The highest BCUT2D eigenvalue weighted by molar-refractivity contribution is 6.30. The molecule has 1 fully saturated rings. The number of β-amino-alcohol motifs (C(OH)–C–C–N with tert-alkyl or cyclic N) is 1. The molecule has 1 atom stereocenters. The second-order valence-corrected chi connectivity index (χ2v) is 8.94. The van der Waals surface area contributed by atoms with Crippen molar-refractivity contribution in [2.45, 2.75) is 52.7 Å². The Morgan fingerprint density at radius 2 is 1.77 bits per heavy atom. The summed E-state index contributed by atoms with van der Waals surface area (Å²) in [6.07, 6.45) is 1.35. The number of benzene rings is 1. The number of halogens is 1. The number of aliphatic hydroxyl groups is 1. The molecule has 0 bridgehead atoms. The van der Waals surface area contributed by atoms with Crippen LogP contribution in [0.15, 0.2) is 24.3 Å². The van der Waals surface area contributed by atoms with Crippen molar-refractivity contribution >= 4 is 17.4 Å². The second-order valence-electron chi connectivity index (χ2n) is 8.50. The van der Waals surface area contributed by atoms with E-state index in [1.165, 1.54) is 11.1 Å². The molecule has 31 heavy (non-hydrogen) atoms. The maximum absolute atomic E-state index is 10.3. The van der Waals surface area contributed by atoms with E-state index < -0.39 is 6.10 Å². The van der Waals surface area contributed by atoms with Crippen LogP contribution in [0.5, 0.6) is 0 Å². The molecule has 1 aliphatic rings. The number of aliphatic hydroxyl groups excluding tert-OH is 1. The van der Waals surface area contributed by atoms with Gasteiger partial charge >= 0.3 is 0 Å². The van der Waals surface area contributed by atoms with Crippen LogP contribution in [0.25, 0.3) is 0 Å². The lowest BCUT2D eigenvalue weighted by Gasteiger charge is -2.37. The normalized spacial score (nSPS) is 16.2. The Bertz CT molecular complexity index is 836. The molecule has 1 aliphatic heterocycles. The summed E-state index contributed by atoms with van der Waals surface area (Å²) in [6.45, 7) is 12.7. The van der Waals surface area contributed by atoms with Gasteiger partial charge in [0.05, 0.1) is 18.8 Å². The van der Waals surface area contributed by atoms with Gasteiger partial charge in [0.15, 0.2) is 0 Å². The monoisotopic (exact) mass is 446 g/mol. The Kier molecular flexibility index (Phi) is 8.67. The minimum absolute atomic E-state index is 0.138. The van der Waals surface area contributed by atoms with E-state index in [2.05, 4.69) is 28.9 Å².